The monoisotopic (exact) mass is 180 g/mol. The molecule has 0 aromatic heterocycles. The molecule has 1 aliphatic heterocycles. The van der Waals surface area contributed by atoms with Crippen LogP contribution in [-0.4, -0.2) is 25.7 Å². The van der Waals surface area contributed by atoms with Crippen molar-refractivity contribution in [1.29, 1.82) is 0 Å². The minimum Gasteiger partial charge on any atom is -0.316 e. The summed E-state index contributed by atoms with van der Waals surface area (Å²) in [5.41, 5.74) is 0. The lowest BCUT2D eigenvalue weighted by atomic mass is 9.99. The SMILES string of the molecule is C#CCC(C)NCC1CCCNC1. The minimum absolute atomic E-state index is 0.465. The van der Waals surface area contributed by atoms with Crippen LogP contribution in [0.25, 0.3) is 0 Å². The maximum Gasteiger partial charge on any atom is 0.0238 e. The first-order chi connectivity index (χ1) is 6.33. The predicted molar refractivity (Wildman–Crippen MR) is 56.5 cm³/mol. The molecule has 2 atom stereocenters. The third-order valence-corrected chi connectivity index (χ3v) is 2.58. The van der Waals surface area contributed by atoms with Gasteiger partial charge in [-0.1, -0.05) is 0 Å². The van der Waals surface area contributed by atoms with Crippen LogP contribution in [0.4, 0.5) is 0 Å². The maximum atomic E-state index is 5.24. The Bertz CT molecular complexity index is 165. The topological polar surface area (TPSA) is 24.1 Å². The Hall–Kier alpha value is -0.520. The van der Waals surface area contributed by atoms with Crippen LogP contribution in [-0.2, 0) is 0 Å². The molecule has 0 aromatic rings. The Labute approximate surface area is 81.5 Å². The van der Waals surface area contributed by atoms with Crippen molar-refractivity contribution in [3.8, 4) is 12.3 Å². The maximum absolute atomic E-state index is 5.24. The molecular formula is C11H20N2. The fraction of sp³-hybridized carbons (Fsp3) is 0.818. The fourth-order valence-electron chi connectivity index (χ4n) is 1.72. The first kappa shape index (κ1) is 10.6. The van der Waals surface area contributed by atoms with Crippen LogP contribution in [0.1, 0.15) is 26.2 Å². The Morgan fingerprint density at radius 3 is 3.15 bits per heavy atom. The molecule has 2 heteroatoms. The van der Waals surface area contributed by atoms with Crippen molar-refractivity contribution in [3.63, 3.8) is 0 Å². The zero-order valence-corrected chi connectivity index (χ0v) is 8.47. The van der Waals surface area contributed by atoms with Crippen LogP contribution >= 0.6 is 0 Å². The molecule has 0 radical (unpaired) electrons. The Balaban J connectivity index is 2.07. The average Bonchev–Trinajstić information content (AvgIpc) is 2.17. The molecule has 13 heavy (non-hydrogen) atoms. The van der Waals surface area contributed by atoms with Gasteiger partial charge < -0.3 is 10.6 Å². The van der Waals surface area contributed by atoms with Crippen molar-refractivity contribution in [3.05, 3.63) is 0 Å². The number of hydrogen-bond donors (Lipinski definition) is 2. The normalized spacial score (nSPS) is 25.1. The molecule has 0 aliphatic carbocycles. The zero-order chi connectivity index (χ0) is 9.52. The summed E-state index contributed by atoms with van der Waals surface area (Å²) in [4.78, 5) is 0. The van der Waals surface area contributed by atoms with Crippen LogP contribution in [0.2, 0.25) is 0 Å². The molecule has 0 saturated carbocycles. The zero-order valence-electron chi connectivity index (χ0n) is 8.47. The van der Waals surface area contributed by atoms with E-state index in [0.29, 0.717) is 6.04 Å². The second-order valence-electron chi connectivity index (χ2n) is 3.93. The third-order valence-electron chi connectivity index (χ3n) is 2.58. The number of nitrogens with one attached hydrogen (secondary N) is 2. The van der Waals surface area contributed by atoms with Crippen LogP contribution in [0, 0.1) is 18.3 Å². The summed E-state index contributed by atoms with van der Waals surface area (Å²) in [6.07, 6.45) is 8.73. The highest BCUT2D eigenvalue weighted by atomic mass is 14.9. The van der Waals surface area contributed by atoms with E-state index >= 15 is 0 Å². The van der Waals surface area contributed by atoms with E-state index in [9.17, 15) is 0 Å². The van der Waals surface area contributed by atoms with E-state index in [0.717, 1.165) is 25.4 Å². The lowest BCUT2D eigenvalue weighted by Crippen LogP contribution is -2.38. The van der Waals surface area contributed by atoms with Crippen molar-refractivity contribution >= 4 is 0 Å². The van der Waals surface area contributed by atoms with E-state index in [-0.39, 0.29) is 0 Å². The summed E-state index contributed by atoms with van der Waals surface area (Å²) < 4.78 is 0. The number of piperidine rings is 1. The quantitative estimate of drug-likeness (QED) is 0.630. The third kappa shape index (κ3) is 4.31. The molecule has 74 valence electrons. The number of terminal acetylenes is 1. The Morgan fingerprint density at radius 2 is 2.54 bits per heavy atom. The first-order valence-corrected chi connectivity index (χ1v) is 5.20. The Morgan fingerprint density at radius 1 is 1.69 bits per heavy atom. The van der Waals surface area contributed by atoms with Gasteiger partial charge in [-0.25, -0.2) is 0 Å². The molecule has 1 aliphatic rings. The van der Waals surface area contributed by atoms with Gasteiger partial charge in [-0.15, -0.1) is 12.3 Å². The van der Waals surface area contributed by atoms with Gasteiger partial charge in [0.25, 0.3) is 0 Å². The lowest BCUT2D eigenvalue weighted by Gasteiger charge is -2.24. The van der Waals surface area contributed by atoms with Gasteiger partial charge in [0.15, 0.2) is 0 Å². The minimum atomic E-state index is 0.465. The van der Waals surface area contributed by atoms with Crippen molar-refractivity contribution in [2.24, 2.45) is 5.92 Å². The standard InChI is InChI=1S/C11H20N2/c1-3-5-10(2)13-9-11-6-4-7-12-8-11/h1,10-13H,4-9H2,2H3. The van der Waals surface area contributed by atoms with Gasteiger partial charge in [0.2, 0.25) is 0 Å². The molecule has 2 nitrogen and oxygen atoms in total. The van der Waals surface area contributed by atoms with Gasteiger partial charge in [0.1, 0.15) is 0 Å². The molecule has 1 heterocycles. The summed E-state index contributed by atoms with van der Waals surface area (Å²) in [5, 5.41) is 6.88. The molecule has 0 bridgehead atoms. The number of rotatable bonds is 4. The second kappa shape index (κ2) is 6.01. The van der Waals surface area contributed by atoms with E-state index in [4.69, 9.17) is 6.42 Å². The summed E-state index contributed by atoms with van der Waals surface area (Å²) in [6, 6.07) is 0.465. The molecule has 1 saturated heterocycles. The first-order valence-electron chi connectivity index (χ1n) is 5.20. The molecule has 2 unspecified atom stereocenters. The van der Waals surface area contributed by atoms with Crippen molar-refractivity contribution in [2.75, 3.05) is 19.6 Å². The lowest BCUT2D eigenvalue weighted by molar-refractivity contribution is 0.348. The average molecular weight is 180 g/mol. The van der Waals surface area contributed by atoms with Gasteiger partial charge in [-0.2, -0.15) is 0 Å². The highest BCUT2D eigenvalue weighted by Gasteiger charge is 2.12. The molecule has 0 amide bonds. The summed E-state index contributed by atoms with van der Waals surface area (Å²) in [5.74, 6) is 3.48. The van der Waals surface area contributed by atoms with Gasteiger partial charge in [-0.05, 0) is 45.3 Å². The smallest absolute Gasteiger partial charge is 0.0238 e. The molecule has 1 fully saturated rings. The highest BCUT2D eigenvalue weighted by molar-refractivity contribution is 4.88. The fourth-order valence-corrected chi connectivity index (χ4v) is 1.72. The number of hydrogen-bond acceptors (Lipinski definition) is 2. The Kier molecular flexibility index (Phi) is 4.88. The van der Waals surface area contributed by atoms with Gasteiger partial charge in [-0.3, -0.25) is 0 Å². The largest absolute Gasteiger partial charge is 0.316 e. The predicted octanol–water partition coefficient (Wildman–Crippen LogP) is 0.987. The van der Waals surface area contributed by atoms with Crippen LogP contribution in [0.15, 0.2) is 0 Å². The van der Waals surface area contributed by atoms with Gasteiger partial charge in [0, 0.05) is 12.5 Å². The van der Waals surface area contributed by atoms with Crippen LogP contribution < -0.4 is 10.6 Å². The molecular weight excluding hydrogens is 160 g/mol. The van der Waals surface area contributed by atoms with E-state index in [1.807, 2.05) is 0 Å². The summed E-state index contributed by atoms with van der Waals surface area (Å²) >= 11 is 0. The van der Waals surface area contributed by atoms with E-state index in [1.165, 1.54) is 19.4 Å². The van der Waals surface area contributed by atoms with Crippen LogP contribution in [0.3, 0.4) is 0 Å². The van der Waals surface area contributed by atoms with Crippen molar-refractivity contribution in [1.82, 2.24) is 10.6 Å². The molecule has 2 N–H and O–H groups in total. The van der Waals surface area contributed by atoms with E-state index in [2.05, 4.69) is 23.5 Å². The van der Waals surface area contributed by atoms with Crippen molar-refractivity contribution < 1.29 is 0 Å². The second-order valence-corrected chi connectivity index (χ2v) is 3.93. The van der Waals surface area contributed by atoms with Crippen molar-refractivity contribution in [2.45, 2.75) is 32.2 Å². The summed E-state index contributed by atoms with van der Waals surface area (Å²) in [6.45, 7) is 5.61. The molecule has 1 rings (SSSR count). The van der Waals surface area contributed by atoms with E-state index in [1.54, 1.807) is 0 Å². The molecule has 0 spiro atoms. The molecule has 0 aromatic carbocycles. The van der Waals surface area contributed by atoms with E-state index < -0.39 is 0 Å². The van der Waals surface area contributed by atoms with Crippen LogP contribution in [0.5, 0.6) is 0 Å². The highest BCUT2D eigenvalue weighted by Crippen LogP contribution is 2.08. The van der Waals surface area contributed by atoms with Gasteiger partial charge in [0.05, 0.1) is 0 Å². The summed E-state index contributed by atoms with van der Waals surface area (Å²) in [7, 11) is 0. The van der Waals surface area contributed by atoms with Gasteiger partial charge >= 0.3 is 0 Å².